The van der Waals surface area contributed by atoms with Gasteiger partial charge in [-0.2, -0.15) is 21.6 Å². The zero-order valence-corrected chi connectivity index (χ0v) is 75.4. The summed E-state index contributed by atoms with van der Waals surface area (Å²) in [6, 6.07) is 51.0. The first-order valence-electron chi connectivity index (χ1n) is 32.7. The zero-order valence-electron chi connectivity index (χ0n) is 61.7. The molecule has 5 aromatic carbocycles. The molecule has 0 saturated heterocycles. The van der Waals surface area contributed by atoms with Crippen molar-refractivity contribution in [3.8, 4) is 60.0 Å². The number of alkyl halides is 3. The third kappa shape index (κ3) is 37.6. The topological polar surface area (TPSA) is 296 Å². The molecule has 0 aliphatic rings. The number of hydrogen-bond donors (Lipinski definition) is 2. The van der Waals surface area contributed by atoms with Crippen molar-refractivity contribution in [3.63, 3.8) is 0 Å². The minimum atomic E-state index is -5.69. The van der Waals surface area contributed by atoms with Crippen LogP contribution in [0.2, 0.25) is 19.6 Å². The molecule has 576 valence electrons. The van der Waals surface area contributed by atoms with Gasteiger partial charge in [0.05, 0.1) is 55.8 Å². The Hall–Kier alpha value is -8.16. The molecule has 12 rings (SSSR count). The van der Waals surface area contributed by atoms with Gasteiger partial charge in [-0.05, 0) is 195 Å². The fraction of sp³-hybridized carbons (Fsp3) is 0.0864. The van der Waals surface area contributed by atoms with Crippen LogP contribution in [0.15, 0.2) is 295 Å². The number of carbonyl (C=O) groups excluding carboxylic acids is 6. The van der Waals surface area contributed by atoms with Crippen LogP contribution in [0.4, 0.5) is 13.2 Å². The number of carbonyl (C=O) groups is 6. The van der Waals surface area contributed by atoms with Crippen LogP contribution in [-0.4, -0.2) is 143 Å². The second-order valence-corrected chi connectivity index (χ2v) is 35.1. The van der Waals surface area contributed by atoms with E-state index in [0.717, 1.165) is 114 Å². The number of terminal acetylenes is 3. The third-order valence-electron chi connectivity index (χ3n) is 12.7. The van der Waals surface area contributed by atoms with Crippen LogP contribution < -0.4 is 4.18 Å². The third-order valence-corrected chi connectivity index (χ3v) is 20.4. The Morgan fingerprint density at radius 3 is 1.05 bits per heavy atom. The number of nitrogens with zero attached hydrogens (tertiary/aromatic N) is 2. The molecule has 0 radical (unpaired) electrons. The molecule has 0 unspecified atom stereocenters. The van der Waals surface area contributed by atoms with Crippen LogP contribution in [0.1, 0.15) is 93.3 Å². The fourth-order valence-electron chi connectivity index (χ4n) is 7.46. The molecule has 33 heteroatoms. The maximum absolute atomic E-state index is 12.2. The number of aryl methyl sites for hydroxylation is 2. The number of aromatic nitrogens is 2. The number of aldehydes is 5. The number of phenolic OH excluding ortho intramolecular Hbond substituents is 1. The summed E-state index contributed by atoms with van der Waals surface area (Å²) >= 11 is 12.8. The molecule has 114 heavy (non-hydrogen) atoms. The predicted octanol–water partition coefficient (Wildman–Crippen LogP) is 20.1. The van der Waals surface area contributed by atoms with E-state index >= 15 is 0 Å². The number of phenols is 1. The Morgan fingerprint density at radius 1 is 0.500 bits per heavy atom. The Balaban J connectivity index is 0.000000283. The first-order valence-corrected chi connectivity index (χ1v) is 58.5. The van der Waals surface area contributed by atoms with Crippen molar-refractivity contribution >= 4 is 193 Å². The van der Waals surface area contributed by atoms with Crippen molar-refractivity contribution < 1.29 is 96.9 Å². The monoisotopic (exact) mass is 1790 g/mol. The van der Waals surface area contributed by atoms with Crippen molar-refractivity contribution in [2.45, 2.75) is 94.9 Å². The zero-order chi connectivity index (χ0) is 84.1. The van der Waals surface area contributed by atoms with Crippen molar-refractivity contribution in [3.05, 3.63) is 287 Å². The molecule has 2 N–H and O–H groups in total. The second-order valence-electron chi connectivity index (χ2n) is 22.3. The summed E-state index contributed by atoms with van der Waals surface area (Å²) in [5, 5.41) is 19.3. The molecule has 0 saturated carbocycles. The molecule has 0 amide bonds. The van der Waals surface area contributed by atoms with Crippen molar-refractivity contribution in [1.82, 2.24) is 9.97 Å². The van der Waals surface area contributed by atoms with E-state index in [9.17, 15) is 50.4 Å². The van der Waals surface area contributed by atoms with Crippen LogP contribution in [0.5, 0.6) is 11.5 Å². The van der Waals surface area contributed by atoms with Gasteiger partial charge in [-0.1, -0.05) is 118 Å². The van der Waals surface area contributed by atoms with E-state index in [4.69, 9.17) is 51.7 Å². The molecule has 0 aliphatic carbocycles. The first-order chi connectivity index (χ1) is 54.5. The maximum atomic E-state index is 12.2. The predicted molar refractivity (Wildman–Crippen MR) is 437 cm³/mol. The van der Waals surface area contributed by atoms with Crippen LogP contribution in [0.3, 0.4) is 0 Å². The minimum absolute atomic E-state index is 0.116. The van der Waals surface area contributed by atoms with Crippen molar-refractivity contribution in [2.24, 2.45) is 0 Å². The summed E-state index contributed by atoms with van der Waals surface area (Å²) in [4.78, 5) is 82.8. The average Bonchev–Trinajstić information content (AvgIpc) is 0.928. The number of hydrogen-bond acceptors (Lipinski definition) is 25. The average molecular weight is 1790 g/mol. The van der Waals surface area contributed by atoms with Crippen LogP contribution >= 0.6 is 74.7 Å². The van der Waals surface area contributed by atoms with Gasteiger partial charge in [-0.3, -0.25) is 38.8 Å². The first kappa shape index (κ1) is 98.2. The van der Waals surface area contributed by atoms with E-state index in [2.05, 4.69) is 88.9 Å². The SMILES string of the molecule is C#C[Si](C)(C)C.C#Cc1ccc(Sc2ccoc2C=O)cc1.C#Cc1ccc(Sc2ccoc2C=O)cc1.CC(=O)OOO.Cc1cc(Br)ccn1.Cc1cc(C#Cc2ccc(Sc3ccoc3C=O)cc2)ccn1.O=Cc1occc1Sc1ccc(O)cc1.O=Cc1occc1Sc1ccc(OS(=O)(=O)C(F)(F)F)cc1.[K][K]. The van der Waals surface area contributed by atoms with E-state index in [-0.39, 0.29) is 11.5 Å². The Kier molecular flexibility index (Phi) is 45.8. The molecule has 0 atom stereocenters. The van der Waals surface area contributed by atoms with E-state index < -0.39 is 35.4 Å². The van der Waals surface area contributed by atoms with Crippen LogP contribution in [0, 0.1) is 62.3 Å². The molecular weight excluding hydrogens is 1720 g/mol. The normalized spacial score (nSPS) is 10.1. The van der Waals surface area contributed by atoms with E-state index in [1.54, 1.807) is 67.0 Å². The van der Waals surface area contributed by atoms with Gasteiger partial charge in [0.2, 0.25) is 0 Å². The van der Waals surface area contributed by atoms with E-state index in [1.807, 2.05) is 111 Å². The fourth-order valence-corrected chi connectivity index (χ4v) is 12.6. The summed E-state index contributed by atoms with van der Waals surface area (Å²) in [7, 11) is -6.80. The second kappa shape index (κ2) is 53.1. The molecule has 7 heterocycles. The van der Waals surface area contributed by atoms with Gasteiger partial charge in [0.25, 0.3) is 0 Å². The summed E-state index contributed by atoms with van der Waals surface area (Å²) in [5.41, 5.74) is 2.81. The number of halogens is 4. The van der Waals surface area contributed by atoms with Crippen LogP contribution in [-0.2, 0) is 24.8 Å². The van der Waals surface area contributed by atoms with Crippen LogP contribution in [0.25, 0.3) is 0 Å². The van der Waals surface area contributed by atoms with Gasteiger partial charge >= 0.3 is 84.7 Å². The molecule has 20 nitrogen and oxygen atoms in total. The number of benzene rings is 5. The summed E-state index contributed by atoms with van der Waals surface area (Å²) in [6.45, 7) is 11.5. The Morgan fingerprint density at radius 2 is 0.798 bits per heavy atom. The molecule has 0 aliphatic heterocycles. The number of pyridine rings is 2. The molecule has 7 aromatic heterocycles. The number of rotatable bonds is 18. The van der Waals surface area contributed by atoms with Gasteiger partial charge in [0.1, 0.15) is 19.6 Å². The van der Waals surface area contributed by atoms with Gasteiger partial charge in [0.15, 0.2) is 60.2 Å². The van der Waals surface area contributed by atoms with E-state index in [0.29, 0.717) is 58.0 Å². The molecular formula is C81H64BrF3K2N2O18S6Si. The summed E-state index contributed by atoms with van der Waals surface area (Å²) in [5.74, 6) is 11.9. The molecule has 0 fully saturated rings. The number of aromatic hydroxyl groups is 1. The van der Waals surface area contributed by atoms with Gasteiger partial charge < -0.3 is 31.4 Å². The van der Waals surface area contributed by atoms with Gasteiger partial charge in [-0.15, -0.1) is 24.8 Å². The van der Waals surface area contributed by atoms with E-state index in [1.165, 1.54) is 154 Å². The number of furan rings is 5. The molecule has 0 spiro atoms. The Labute approximate surface area is 731 Å². The van der Waals surface area contributed by atoms with Gasteiger partial charge in [-0.25, -0.2) is 10.1 Å². The summed E-state index contributed by atoms with van der Waals surface area (Å²) in [6.07, 6.45) is 29.8. The molecule has 12 aromatic rings. The van der Waals surface area contributed by atoms with Crippen molar-refractivity contribution in [2.75, 3.05) is 0 Å². The van der Waals surface area contributed by atoms with Crippen molar-refractivity contribution in [1.29, 1.82) is 0 Å². The van der Waals surface area contributed by atoms with Gasteiger partial charge in [0, 0.05) is 81.9 Å². The Bertz CT molecular complexity index is 5220. The summed E-state index contributed by atoms with van der Waals surface area (Å²) < 4.78 is 88.2. The molecule has 0 bridgehead atoms. The quantitative estimate of drug-likeness (QED) is 0.0153. The standard InChI is InChI=1S/C19H13NO2S.2C13H8O2S.C12H7F3O5S2.C11H8O3S.C6H6BrN.C5H10Si.C2H4O4.2K/c1-14-12-16(8-10-20-14)3-2-15-4-6-17(7-5-15)23-19-9-11-22-18(19)13-21;2*1-2-10-3-5-11(6-4-10)16-13-7-8-15-12(13)9-14;13-12(14,15)22(17,18)20-8-1-3-9(4-2-8)21-11-5-6-19-10(11)7-16;12-7-10-11(5-6-14-10)15-9-3-1-8(13)2-4-9;1-5-4-6(7)2-3-8-5;1-5-6(2,3)4;1-2(3)5-6-4;;/h4-13H,1H3;2*1,3-9H;1-7H;1-7,13H;2-4H,1H3;1H,2-4H3;4H,1H3;;.